The average Bonchev–Trinajstić information content (AvgIpc) is 3.05. The van der Waals surface area contributed by atoms with E-state index in [-0.39, 0.29) is 5.91 Å². The Bertz CT molecular complexity index is 843. The van der Waals surface area contributed by atoms with Crippen LogP contribution in [0.5, 0.6) is 0 Å². The van der Waals surface area contributed by atoms with Crippen molar-refractivity contribution in [1.82, 2.24) is 15.2 Å². The monoisotopic (exact) mass is 350 g/mol. The first-order chi connectivity index (χ1) is 10.5. The van der Waals surface area contributed by atoms with Crippen LogP contribution in [0.4, 0.5) is 5.13 Å². The van der Waals surface area contributed by atoms with Gasteiger partial charge < -0.3 is 0 Å². The van der Waals surface area contributed by atoms with E-state index in [1.807, 2.05) is 32.0 Å². The summed E-state index contributed by atoms with van der Waals surface area (Å²) in [5, 5.41) is 13.2. The molecule has 0 bridgehead atoms. The molecule has 0 saturated heterocycles. The summed E-state index contributed by atoms with van der Waals surface area (Å²) in [4.78, 5) is 17.3. The molecule has 8 heteroatoms. The van der Waals surface area contributed by atoms with Crippen molar-refractivity contribution in [1.29, 1.82) is 0 Å². The van der Waals surface area contributed by atoms with Gasteiger partial charge in [0.1, 0.15) is 14.9 Å². The Labute approximate surface area is 140 Å². The number of rotatable bonds is 3. The molecule has 2 heterocycles. The molecule has 0 aliphatic rings. The third-order valence-corrected chi connectivity index (χ3v) is 5.02. The summed E-state index contributed by atoms with van der Waals surface area (Å²) in [6.45, 7) is 3.65. The molecule has 1 amide bonds. The lowest BCUT2D eigenvalue weighted by Gasteiger charge is -1.98. The largest absolute Gasteiger partial charge is 0.296 e. The van der Waals surface area contributed by atoms with Gasteiger partial charge in [0, 0.05) is 10.6 Å². The van der Waals surface area contributed by atoms with Gasteiger partial charge in [-0.05, 0) is 26.0 Å². The first-order valence-electron chi connectivity index (χ1n) is 6.38. The molecule has 0 radical (unpaired) electrons. The molecule has 1 N–H and O–H groups in total. The van der Waals surface area contributed by atoms with Gasteiger partial charge in [0.25, 0.3) is 5.91 Å². The Balaban J connectivity index is 1.87. The zero-order valence-electron chi connectivity index (χ0n) is 11.8. The molecule has 5 nitrogen and oxygen atoms in total. The van der Waals surface area contributed by atoms with Crippen LogP contribution in [0, 0.1) is 13.8 Å². The number of thiazole rings is 1. The second kappa shape index (κ2) is 6.12. The minimum Gasteiger partial charge on any atom is -0.296 e. The van der Waals surface area contributed by atoms with Gasteiger partial charge in [-0.2, -0.15) is 0 Å². The highest BCUT2D eigenvalue weighted by molar-refractivity contribution is 7.17. The molecule has 3 aromatic rings. The van der Waals surface area contributed by atoms with E-state index in [9.17, 15) is 4.79 Å². The summed E-state index contributed by atoms with van der Waals surface area (Å²) in [6.07, 6.45) is 0. The average molecular weight is 351 g/mol. The van der Waals surface area contributed by atoms with E-state index in [2.05, 4.69) is 20.5 Å². The fourth-order valence-corrected chi connectivity index (χ4v) is 3.59. The number of anilines is 1. The lowest BCUT2D eigenvalue weighted by Crippen LogP contribution is -2.11. The molecular formula is C14H11ClN4OS2. The number of hydrogen-bond donors (Lipinski definition) is 1. The van der Waals surface area contributed by atoms with Crippen LogP contribution in [0.15, 0.2) is 24.3 Å². The standard InChI is InChI=1S/C14H11ClN4OS2/c1-7-11(12(20)17-14-19-18-8(2)21-14)22-13(16-7)9-4-3-5-10(15)6-9/h3-6H,1-2H3,(H,17,19,20). The molecule has 0 aliphatic heterocycles. The fourth-order valence-electron chi connectivity index (χ4n) is 1.85. The van der Waals surface area contributed by atoms with Crippen molar-refractivity contribution in [3.8, 4) is 10.6 Å². The van der Waals surface area contributed by atoms with Gasteiger partial charge in [-0.25, -0.2) is 4.98 Å². The number of hydrogen-bond acceptors (Lipinski definition) is 6. The second-order valence-electron chi connectivity index (χ2n) is 4.52. The van der Waals surface area contributed by atoms with Crippen LogP contribution >= 0.6 is 34.3 Å². The van der Waals surface area contributed by atoms with E-state index in [1.54, 1.807) is 6.07 Å². The van der Waals surface area contributed by atoms with Crippen LogP contribution in [0.25, 0.3) is 10.6 Å². The van der Waals surface area contributed by atoms with Gasteiger partial charge in [-0.1, -0.05) is 35.1 Å². The van der Waals surface area contributed by atoms with Gasteiger partial charge in [0.05, 0.1) is 5.69 Å². The highest BCUT2D eigenvalue weighted by Gasteiger charge is 2.17. The van der Waals surface area contributed by atoms with Gasteiger partial charge >= 0.3 is 0 Å². The molecule has 1 aromatic carbocycles. The predicted molar refractivity (Wildman–Crippen MR) is 89.9 cm³/mol. The minimum atomic E-state index is -0.223. The molecule has 0 aliphatic carbocycles. The zero-order chi connectivity index (χ0) is 15.7. The number of amides is 1. The first-order valence-corrected chi connectivity index (χ1v) is 8.39. The van der Waals surface area contributed by atoms with E-state index in [0.717, 1.165) is 15.6 Å². The van der Waals surface area contributed by atoms with Crippen molar-refractivity contribution in [2.24, 2.45) is 0 Å². The van der Waals surface area contributed by atoms with Gasteiger partial charge in [-0.15, -0.1) is 21.5 Å². The number of carbonyl (C=O) groups excluding carboxylic acids is 1. The van der Waals surface area contributed by atoms with E-state index in [4.69, 9.17) is 11.6 Å². The van der Waals surface area contributed by atoms with E-state index >= 15 is 0 Å². The molecule has 112 valence electrons. The van der Waals surface area contributed by atoms with Crippen LogP contribution in [-0.4, -0.2) is 21.1 Å². The Kier molecular flexibility index (Phi) is 4.19. The third kappa shape index (κ3) is 3.16. The second-order valence-corrected chi connectivity index (χ2v) is 7.14. The SMILES string of the molecule is Cc1nnc(NC(=O)c2sc(-c3cccc(Cl)c3)nc2C)s1. The number of aromatic nitrogens is 3. The van der Waals surface area contributed by atoms with Crippen LogP contribution in [0.3, 0.4) is 0 Å². The number of nitrogens with zero attached hydrogens (tertiary/aromatic N) is 3. The van der Waals surface area contributed by atoms with Crippen molar-refractivity contribution in [2.75, 3.05) is 5.32 Å². The quantitative estimate of drug-likeness (QED) is 0.769. The Morgan fingerprint density at radius 3 is 2.73 bits per heavy atom. The smallest absolute Gasteiger partial charge is 0.269 e. The first kappa shape index (κ1) is 15.1. The van der Waals surface area contributed by atoms with Crippen LogP contribution in [-0.2, 0) is 0 Å². The van der Waals surface area contributed by atoms with Crippen LogP contribution in [0.2, 0.25) is 5.02 Å². The molecular weight excluding hydrogens is 340 g/mol. The lowest BCUT2D eigenvalue weighted by atomic mass is 10.2. The summed E-state index contributed by atoms with van der Waals surface area (Å²) in [5.41, 5.74) is 1.57. The van der Waals surface area contributed by atoms with Crippen molar-refractivity contribution >= 4 is 45.3 Å². The summed E-state index contributed by atoms with van der Waals surface area (Å²) in [5.74, 6) is -0.223. The number of benzene rings is 1. The maximum absolute atomic E-state index is 12.3. The molecule has 0 fully saturated rings. The predicted octanol–water partition coefficient (Wildman–Crippen LogP) is 4.18. The maximum atomic E-state index is 12.3. The summed E-state index contributed by atoms with van der Waals surface area (Å²) < 4.78 is 0. The summed E-state index contributed by atoms with van der Waals surface area (Å²) in [7, 11) is 0. The molecule has 2 aromatic heterocycles. The van der Waals surface area contributed by atoms with E-state index in [1.165, 1.54) is 22.7 Å². The molecule has 0 atom stereocenters. The molecule has 22 heavy (non-hydrogen) atoms. The molecule has 0 saturated carbocycles. The summed E-state index contributed by atoms with van der Waals surface area (Å²) in [6, 6.07) is 7.41. The maximum Gasteiger partial charge on any atom is 0.269 e. The Morgan fingerprint density at radius 1 is 1.23 bits per heavy atom. The number of aryl methyl sites for hydroxylation is 2. The van der Waals surface area contributed by atoms with Crippen LogP contribution in [0.1, 0.15) is 20.4 Å². The van der Waals surface area contributed by atoms with Crippen LogP contribution < -0.4 is 5.32 Å². The van der Waals surface area contributed by atoms with E-state index < -0.39 is 0 Å². The lowest BCUT2D eigenvalue weighted by molar-refractivity contribution is 0.102. The highest BCUT2D eigenvalue weighted by atomic mass is 35.5. The topological polar surface area (TPSA) is 67.8 Å². The van der Waals surface area contributed by atoms with Crippen molar-refractivity contribution in [3.63, 3.8) is 0 Å². The summed E-state index contributed by atoms with van der Waals surface area (Å²) >= 11 is 8.66. The minimum absolute atomic E-state index is 0.223. The number of halogens is 1. The molecule has 0 unspecified atom stereocenters. The van der Waals surface area contributed by atoms with Gasteiger partial charge in [-0.3, -0.25) is 10.1 Å². The van der Waals surface area contributed by atoms with E-state index in [0.29, 0.717) is 20.7 Å². The Hall–Kier alpha value is -1.83. The molecule has 3 rings (SSSR count). The van der Waals surface area contributed by atoms with Gasteiger partial charge in [0.2, 0.25) is 5.13 Å². The van der Waals surface area contributed by atoms with Crippen molar-refractivity contribution < 1.29 is 4.79 Å². The number of carbonyl (C=O) groups is 1. The number of nitrogens with one attached hydrogen (secondary N) is 1. The molecule has 0 spiro atoms. The normalized spacial score (nSPS) is 10.7. The van der Waals surface area contributed by atoms with Gasteiger partial charge in [0.15, 0.2) is 0 Å². The fraction of sp³-hybridized carbons (Fsp3) is 0.143. The third-order valence-electron chi connectivity index (χ3n) is 2.82. The highest BCUT2D eigenvalue weighted by Crippen LogP contribution is 2.30. The van der Waals surface area contributed by atoms with Crippen molar-refractivity contribution in [2.45, 2.75) is 13.8 Å². The van der Waals surface area contributed by atoms with Crippen molar-refractivity contribution in [3.05, 3.63) is 44.9 Å². The zero-order valence-corrected chi connectivity index (χ0v) is 14.1. The Morgan fingerprint density at radius 2 is 2.05 bits per heavy atom.